The van der Waals surface area contributed by atoms with Crippen molar-refractivity contribution in [3.8, 4) is 0 Å². The highest BCUT2D eigenvalue weighted by Gasteiger charge is 2.13. The van der Waals surface area contributed by atoms with Crippen LogP contribution >= 0.6 is 27.5 Å². The van der Waals surface area contributed by atoms with E-state index < -0.39 is 0 Å². The number of nitrogens with one attached hydrogen (secondary N) is 1. The van der Waals surface area contributed by atoms with Crippen molar-refractivity contribution in [3.05, 3.63) is 45.9 Å². The van der Waals surface area contributed by atoms with Crippen LogP contribution in [-0.2, 0) is 0 Å². The molecule has 0 spiro atoms. The van der Waals surface area contributed by atoms with Crippen molar-refractivity contribution in [3.63, 3.8) is 0 Å². The van der Waals surface area contributed by atoms with Crippen LogP contribution in [0.2, 0.25) is 5.02 Å². The molecule has 0 heterocycles. The Hall–Kier alpha value is -0.310. The fourth-order valence-electron chi connectivity index (χ4n) is 1.93. The van der Waals surface area contributed by atoms with E-state index in [1.807, 2.05) is 18.2 Å². The van der Waals surface area contributed by atoms with Crippen molar-refractivity contribution in [2.24, 2.45) is 0 Å². The summed E-state index contributed by atoms with van der Waals surface area (Å²) in [6.07, 6.45) is 6.37. The Morgan fingerprint density at radius 3 is 2.94 bits per heavy atom. The lowest BCUT2D eigenvalue weighted by molar-refractivity contribution is 0.486. The number of unbranched alkanes of at least 4 members (excludes halogenated alkanes) is 1. The standard InChI is InChI=1S/C15H21BrClN/c1-3-5-6-7-15(18-10-4-2)13-11-12(16)8-9-14(13)17/h3,8-9,11,15,18H,1,4-7,10H2,2H3. The van der Waals surface area contributed by atoms with E-state index in [9.17, 15) is 0 Å². The molecule has 1 unspecified atom stereocenters. The maximum absolute atomic E-state index is 6.30. The fourth-order valence-corrected chi connectivity index (χ4v) is 2.56. The highest BCUT2D eigenvalue weighted by molar-refractivity contribution is 9.10. The van der Waals surface area contributed by atoms with Gasteiger partial charge in [-0.3, -0.25) is 0 Å². The van der Waals surface area contributed by atoms with Gasteiger partial charge in [0.2, 0.25) is 0 Å². The second kappa shape index (κ2) is 8.73. The zero-order valence-corrected chi connectivity index (χ0v) is 13.2. The number of halogens is 2. The van der Waals surface area contributed by atoms with Gasteiger partial charge in [-0.25, -0.2) is 0 Å². The van der Waals surface area contributed by atoms with Crippen LogP contribution < -0.4 is 5.32 Å². The first-order chi connectivity index (χ1) is 8.69. The Morgan fingerprint density at radius 2 is 2.28 bits per heavy atom. The van der Waals surface area contributed by atoms with E-state index in [0.717, 1.165) is 41.7 Å². The van der Waals surface area contributed by atoms with Gasteiger partial charge in [0.25, 0.3) is 0 Å². The predicted octanol–water partition coefficient (Wildman–Crippen LogP) is 5.50. The molecule has 18 heavy (non-hydrogen) atoms. The zero-order valence-electron chi connectivity index (χ0n) is 10.9. The minimum absolute atomic E-state index is 0.329. The number of hydrogen-bond donors (Lipinski definition) is 1. The van der Waals surface area contributed by atoms with Crippen LogP contribution in [0.1, 0.15) is 44.2 Å². The summed E-state index contributed by atoms with van der Waals surface area (Å²) < 4.78 is 1.08. The maximum Gasteiger partial charge on any atom is 0.0454 e. The molecule has 0 fully saturated rings. The van der Waals surface area contributed by atoms with Gasteiger partial charge in [-0.2, -0.15) is 0 Å². The Morgan fingerprint density at radius 1 is 1.50 bits per heavy atom. The molecule has 0 radical (unpaired) electrons. The van der Waals surface area contributed by atoms with Crippen LogP contribution in [0.15, 0.2) is 35.3 Å². The summed E-state index contributed by atoms with van der Waals surface area (Å²) in [6, 6.07) is 6.38. The van der Waals surface area contributed by atoms with E-state index in [1.54, 1.807) is 0 Å². The van der Waals surface area contributed by atoms with Crippen LogP contribution in [0.25, 0.3) is 0 Å². The van der Waals surface area contributed by atoms with E-state index in [1.165, 1.54) is 5.56 Å². The molecule has 0 amide bonds. The molecule has 1 aromatic carbocycles. The Bertz CT molecular complexity index is 379. The number of hydrogen-bond acceptors (Lipinski definition) is 1. The molecular weight excluding hydrogens is 310 g/mol. The van der Waals surface area contributed by atoms with E-state index in [4.69, 9.17) is 11.6 Å². The fraction of sp³-hybridized carbons (Fsp3) is 0.467. The minimum Gasteiger partial charge on any atom is -0.310 e. The average Bonchev–Trinajstić information content (AvgIpc) is 2.37. The third-order valence-corrected chi connectivity index (χ3v) is 3.71. The molecule has 0 aliphatic heterocycles. The van der Waals surface area contributed by atoms with Crippen LogP contribution in [-0.4, -0.2) is 6.54 Å². The van der Waals surface area contributed by atoms with E-state index in [-0.39, 0.29) is 0 Å². The van der Waals surface area contributed by atoms with Crippen molar-refractivity contribution < 1.29 is 0 Å². The molecular formula is C15H21BrClN. The molecule has 1 nitrogen and oxygen atoms in total. The Kier molecular flexibility index (Phi) is 7.64. The van der Waals surface area contributed by atoms with Crippen LogP contribution in [0, 0.1) is 0 Å². The van der Waals surface area contributed by atoms with Gasteiger partial charge < -0.3 is 5.32 Å². The number of benzene rings is 1. The lowest BCUT2D eigenvalue weighted by atomic mass is 10.0. The summed E-state index contributed by atoms with van der Waals surface area (Å²) >= 11 is 9.81. The van der Waals surface area contributed by atoms with Crippen LogP contribution in [0.5, 0.6) is 0 Å². The third-order valence-electron chi connectivity index (χ3n) is 2.88. The molecule has 1 N–H and O–H groups in total. The van der Waals surface area contributed by atoms with E-state index >= 15 is 0 Å². The van der Waals surface area contributed by atoms with Crippen LogP contribution in [0.3, 0.4) is 0 Å². The van der Waals surface area contributed by atoms with Crippen molar-refractivity contribution in [2.75, 3.05) is 6.54 Å². The second-order valence-corrected chi connectivity index (χ2v) is 5.71. The summed E-state index contributed by atoms with van der Waals surface area (Å²) in [7, 11) is 0. The lowest BCUT2D eigenvalue weighted by Gasteiger charge is -2.20. The minimum atomic E-state index is 0.329. The normalized spacial score (nSPS) is 12.4. The van der Waals surface area contributed by atoms with Crippen molar-refractivity contribution >= 4 is 27.5 Å². The average molecular weight is 331 g/mol. The molecule has 0 saturated carbocycles. The quantitative estimate of drug-likeness (QED) is 0.490. The lowest BCUT2D eigenvalue weighted by Crippen LogP contribution is -2.22. The molecule has 3 heteroatoms. The highest BCUT2D eigenvalue weighted by atomic mass is 79.9. The summed E-state index contributed by atoms with van der Waals surface area (Å²) in [5.41, 5.74) is 1.18. The summed E-state index contributed by atoms with van der Waals surface area (Å²) in [5, 5.41) is 4.41. The predicted molar refractivity (Wildman–Crippen MR) is 84.2 cm³/mol. The molecule has 1 atom stereocenters. The first-order valence-electron chi connectivity index (χ1n) is 6.48. The molecule has 0 saturated heterocycles. The monoisotopic (exact) mass is 329 g/mol. The largest absolute Gasteiger partial charge is 0.310 e. The van der Waals surface area contributed by atoms with Gasteiger partial charge in [0.15, 0.2) is 0 Å². The Balaban J connectivity index is 2.78. The summed E-state index contributed by atoms with van der Waals surface area (Å²) in [4.78, 5) is 0. The van der Waals surface area contributed by atoms with Crippen molar-refractivity contribution in [1.29, 1.82) is 0 Å². The van der Waals surface area contributed by atoms with Gasteiger partial charge >= 0.3 is 0 Å². The summed E-state index contributed by atoms with van der Waals surface area (Å²) in [6.45, 7) is 6.96. The maximum atomic E-state index is 6.30. The molecule has 100 valence electrons. The van der Waals surface area contributed by atoms with E-state index in [0.29, 0.717) is 6.04 Å². The van der Waals surface area contributed by atoms with Gasteiger partial charge in [0.1, 0.15) is 0 Å². The highest BCUT2D eigenvalue weighted by Crippen LogP contribution is 2.29. The van der Waals surface area contributed by atoms with Gasteiger partial charge in [-0.05, 0) is 56.0 Å². The van der Waals surface area contributed by atoms with E-state index in [2.05, 4.69) is 40.8 Å². The van der Waals surface area contributed by atoms with Crippen molar-refractivity contribution in [1.82, 2.24) is 5.32 Å². The Labute approximate surface area is 124 Å². The molecule has 0 aliphatic rings. The third kappa shape index (κ3) is 5.13. The van der Waals surface area contributed by atoms with Crippen LogP contribution in [0.4, 0.5) is 0 Å². The summed E-state index contributed by atoms with van der Waals surface area (Å²) in [5.74, 6) is 0. The van der Waals surface area contributed by atoms with Gasteiger partial charge in [-0.15, -0.1) is 6.58 Å². The second-order valence-electron chi connectivity index (χ2n) is 4.39. The smallest absolute Gasteiger partial charge is 0.0454 e. The number of allylic oxidation sites excluding steroid dienone is 1. The first kappa shape index (κ1) is 15.7. The topological polar surface area (TPSA) is 12.0 Å². The van der Waals surface area contributed by atoms with Crippen molar-refractivity contribution in [2.45, 2.75) is 38.6 Å². The molecule has 0 aromatic heterocycles. The SMILES string of the molecule is C=CCCCC(NCCC)c1cc(Br)ccc1Cl. The zero-order chi connectivity index (χ0) is 13.4. The molecule has 1 rings (SSSR count). The molecule has 0 bridgehead atoms. The molecule has 1 aromatic rings. The first-order valence-corrected chi connectivity index (χ1v) is 7.65. The van der Waals surface area contributed by atoms with Gasteiger partial charge in [-0.1, -0.05) is 40.5 Å². The number of rotatable bonds is 8. The van der Waals surface area contributed by atoms with Gasteiger partial charge in [0, 0.05) is 15.5 Å². The van der Waals surface area contributed by atoms with Gasteiger partial charge in [0.05, 0.1) is 0 Å². The molecule has 0 aliphatic carbocycles.